The largest absolute Gasteiger partial charge is 0.445 e. The van der Waals surface area contributed by atoms with Crippen LogP contribution in [0.3, 0.4) is 0 Å². The van der Waals surface area contributed by atoms with Crippen LogP contribution in [0.1, 0.15) is 35.1 Å². The number of amides is 1. The van der Waals surface area contributed by atoms with Crippen LogP contribution >= 0.6 is 0 Å². The molecule has 2 aromatic carbocycles. The van der Waals surface area contributed by atoms with E-state index in [0.29, 0.717) is 13.2 Å². The number of nitrogens with zero attached hydrogens (tertiary/aromatic N) is 1. The Kier molecular flexibility index (Phi) is 4.70. The van der Waals surface area contributed by atoms with Gasteiger partial charge in [-0.2, -0.15) is 0 Å². The van der Waals surface area contributed by atoms with Gasteiger partial charge in [0.15, 0.2) is 0 Å². The fraction of sp³-hybridized carbons (Fsp3) is 0.381. The van der Waals surface area contributed by atoms with Gasteiger partial charge in [0.2, 0.25) is 0 Å². The summed E-state index contributed by atoms with van der Waals surface area (Å²) in [6, 6.07) is 17.2. The van der Waals surface area contributed by atoms with Crippen molar-refractivity contribution in [3.63, 3.8) is 0 Å². The molecule has 0 bridgehead atoms. The summed E-state index contributed by atoms with van der Waals surface area (Å²) in [5.74, 6) is 0. The van der Waals surface area contributed by atoms with Crippen molar-refractivity contribution < 1.29 is 9.53 Å². The van der Waals surface area contributed by atoms with E-state index < -0.39 is 0 Å². The van der Waals surface area contributed by atoms with Crippen molar-refractivity contribution in [2.24, 2.45) is 0 Å². The van der Waals surface area contributed by atoms with Gasteiger partial charge in [0, 0.05) is 25.7 Å². The topological polar surface area (TPSA) is 41.6 Å². The number of rotatable bonds is 5. The minimum atomic E-state index is -0.228. The van der Waals surface area contributed by atoms with Gasteiger partial charge in [-0.1, -0.05) is 48.5 Å². The lowest BCUT2D eigenvalue weighted by atomic mass is 9.97. The molecule has 1 amide bonds. The Morgan fingerprint density at radius 2 is 1.92 bits per heavy atom. The molecule has 4 rings (SSSR count). The van der Waals surface area contributed by atoms with Crippen LogP contribution in [0, 0.1) is 0 Å². The molecule has 1 fully saturated rings. The molecular formula is C21H24N2O2. The van der Waals surface area contributed by atoms with Crippen molar-refractivity contribution in [2.75, 3.05) is 6.54 Å². The first kappa shape index (κ1) is 16.2. The van der Waals surface area contributed by atoms with Crippen LogP contribution in [0.15, 0.2) is 48.5 Å². The first-order valence-electron chi connectivity index (χ1n) is 9.07. The van der Waals surface area contributed by atoms with Crippen LogP contribution in [-0.2, 0) is 30.9 Å². The van der Waals surface area contributed by atoms with Crippen LogP contribution in [0.2, 0.25) is 0 Å². The van der Waals surface area contributed by atoms with Gasteiger partial charge in [0.25, 0.3) is 0 Å². The molecule has 0 radical (unpaired) electrons. The van der Waals surface area contributed by atoms with Crippen molar-refractivity contribution in [3.05, 3.63) is 70.8 Å². The van der Waals surface area contributed by atoms with Gasteiger partial charge < -0.3 is 15.0 Å². The molecular weight excluding hydrogens is 312 g/mol. The van der Waals surface area contributed by atoms with Crippen LogP contribution < -0.4 is 5.32 Å². The van der Waals surface area contributed by atoms with Gasteiger partial charge in [0.05, 0.1) is 0 Å². The molecule has 0 atom stereocenters. The lowest BCUT2D eigenvalue weighted by molar-refractivity contribution is 0.0918. The maximum atomic E-state index is 12.3. The van der Waals surface area contributed by atoms with E-state index in [0.717, 1.165) is 31.1 Å². The van der Waals surface area contributed by atoms with Crippen molar-refractivity contribution in [1.29, 1.82) is 0 Å². The van der Waals surface area contributed by atoms with E-state index in [1.165, 1.54) is 29.5 Å². The minimum Gasteiger partial charge on any atom is -0.445 e. The molecule has 130 valence electrons. The van der Waals surface area contributed by atoms with Gasteiger partial charge >= 0.3 is 6.09 Å². The predicted molar refractivity (Wildman–Crippen MR) is 97.0 cm³/mol. The molecule has 1 aliphatic heterocycles. The highest BCUT2D eigenvalue weighted by molar-refractivity contribution is 5.68. The van der Waals surface area contributed by atoms with Gasteiger partial charge in [-0.15, -0.1) is 0 Å². The Balaban J connectivity index is 1.33. The number of carbonyl (C=O) groups is 1. The summed E-state index contributed by atoms with van der Waals surface area (Å²) in [6.45, 7) is 2.63. The lowest BCUT2D eigenvalue weighted by Crippen LogP contribution is -2.36. The molecule has 1 N–H and O–H groups in total. The van der Waals surface area contributed by atoms with Crippen LogP contribution in [0.25, 0.3) is 0 Å². The van der Waals surface area contributed by atoms with E-state index >= 15 is 0 Å². The normalized spacial score (nSPS) is 16.4. The Hall–Kier alpha value is -2.33. The Labute approximate surface area is 148 Å². The molecule has 1 saturated carbocycles. The van der Waals surface area contributed by atoms with Crippen molar-refractivity contribution in [3.8, 4) is 0 Å². The number of hydrogen-bond donors (Lipinski definition) is 1. The molecule has 1 aliphatic carbocycles. The van der Waals surface area contributed by atoms with E-state index in [1.807, 2.05) is 30.3 Å². The summed E-state index contributed by atoms with van der Waals surface area (Å²) >= 11 is 0. The van der Waals surface area contributed by atoms with Gasteiger partial charge in [-0.3, -0.25) is 0 Å². The smallest absolute Gasteiger partial charge is 0.410 e. The third-order valence-corrected chi connectivity index (χ3v) is 4.92. The average molecular weight is 336 g/mol. The quantitative estimate of drug-likeness (QED) is 0.906. The van der Waals surface area contributed by atoms with Gasteiger partial charge in [-0.05, 0) is 41.5 Å². The second-order valence-electron chi connectivity index (χ2n) is 6.97. The Morgan fingerprint density at radius 1 is 1.08 bits per heavy atom. The first-order valence-corrected chi connectivity index (χ1v) is 9.07. The number of nitrogens with one attached hydrogen (secondary N) is 1. The molecule has 4 nitrogen and oxygen atoms in total. The molecule has 25 heavy (non-hydrogen) atoms. The number of fused-ring (bicyclic) bond motifs is 1. The summed E-state index contributed by atoms with van der Waals surface area (Å²) in [4.78, 5) is 14.1. The number of benzene rings is 2. The summed E-state index contributed by atoms with van der Waals surface area (Å²) in [5.41, 5.74) is 4.95. The van der Waals surface area contributed by atoms with E-state index in [2.05, 4.69) is 23.5 Å². The standard InChI is InChI=1S/C21H24N2O2/c24-21(25-15-16-4-2-1-3-5-16)23-11-10-18-12-17(6-7-19(18)14-23)13-22-20-8-9-20/h1-7,12,20,22H,8-11,13-15H2. The SMILES string of the molecule is O=C(OCc1ccccc1)N1CCc2cc(CNC3CC3)ccc2C1. The molecule has 0 unspecified atom stereocenters. The first-order chi connectivity index (χ1) is 12.3. The van der Waals surface area contributed by atoms with E-state index in [1.54, 1.807) is 4.90 Å². The zero-order valence-corrected chi connectivity index (χ0v) is 14.4. The van der Waals surface area contributed by atoms with Gasteiger partial charge in [0.1, 0.15) is 6.61 Å². The maximum Gasteiger partial charge on any atom is 0.410 e. The van der Waals surface area contributed by atoms with Crippen molar-refractivity contribution in [1.82, 2.24) is 10.2 Å². The summed E-state index contributed by atoms with van der Waals surface area (Å²) in [6.07, 6.45) is 3.29. The Morgan fingerprint density at radius 3 is 2.72 bits per heavy atom. The fourth-order valence-corrected chi connectivity index (χ4v) is 3.23. The maximum absolute atomic E-state index is 12.3. The van der Waals surface area contributed by atoms with E-state index in [4.69, 9.17) is 4.74 Å². The van der Waals surface area contributed by atoms with Crippen LogP contribution in [-0.4, -0.2) is 23.6 Å². The second-order valence-corrected chi connectivity index (χ2v) is 6.97. The molecule has 0 aromatic heterocycles. The Bertz CT molecular complexity index is 741. The highest BCUT2D eigenvalue weighted by Gasteiger charge is 2.23. The number of ether oxygens (including phenoxy) is 1. The fourth-order valence-electron chi connectivity index (χ4n) is 3.23. The molecule has 0 spiro atoms. The van der Waals surface area contributed by atoms with Crippen LogP contribution in [0.4, 0.5) is 4.79 Å². The zero-order chi connectivity index (χ0) is 17.1. The summed E-state index contributed by atoms with van der Waals surface area (Å²) < 4.78 is 5.46. The third-order valence-electron chi connectivity index (χ3n) is 4.92. The molecule has 4 heteroatoms. The van der Waals surface area contributed by atoms with Crippen molar-refractivity contribution in [2.45, 2.75) is 45.0 Å². The average Bonchev–Trinajstić information content (AvgIpc) is 3.49. The molecule has 1 heterocycles. The summed E-state index contributed by atoms with van der Waals surface area (Å²) in [7, 11) is 0. The monoisotopic (exact) mass is 336 g/mol. The van der Waals surface area contributed by atoms with Gasteiger partial charge in [-0.25, -0.2) is 4.79 Å². The minimum absolute atomic E-state index is 0.228. The zero-order valence-electron chi connectivity index (χ0n) is 14.4. The molecule has 2 aliphatic rings. The number of hydrogen-bond acceptors (Lipinski definition) is 3. The van der Waals surface area contributed by atoms with Crippen molar-refractivity contribution >= 4 is 6.09 Å². The summed E-state index contributed by atoms with van der Waals surface area (Å²) in [5, 5.41) is 3.55. The highest BCUT2D eigenvalue weighted by Crippen LogP contribution is 2.23. The van der Waals surface area contributed by atoms with E-state index in [9.17, 15) is 4.79 Å². The molecule has 0 saturated heterocycles. The second kappa shape index (κ2) is 7.28. The lowest BCUT2D eigenvalue weighted by Gasteiger charge is -2.28. The van der Waals surface area contributed by atoms with Crippen LogP contribution in [0.5, 0.6) is 0 Å². The number of carbonyl (C=O) groups excluding carboxylic acids is 1. The molecule has 2 aromatic rings. The van der Waals surface area contributed by atoms with E-state index in [-0.39, 0.29) is 6.09 Å². The predicted octanol–water partition coefficient (Wildman–Crippen LogP) is 3.63. The third kappa shape index (κ3) is 4.20. The highest BCUT2D eigenvalue weighted by atomic mass is 16.6.